The largest absolute Gasteiger partial charge is 0.396 e. The number of carbonyl (C=O) groups is 2. The summed E-state index contributed by atoms with van der Waals surface area (Å²) in [5.74, 6) is -0.473. The van der Waals surface area contributed by atoms with Gasteiger partial charge in [0.25, 0.3) is 11.8 Å². The fourth-order valence-electron chi connectivity index (χ4n) is 10.4. The Kier molecular flexibility index (Phi) is 14.6. The minimum absolute atomic E-state index is 0.0108. The molecule has 0 atom stereocenters. The molecule has 25 heteroatoms. The molecule has 2 aliphatic carbocycles. The first-order valence-corrected chi connectivity index (χ1v) is 24.5. The quantitative estimate of drug-likeness (QED) is 0.0496. The highest BCUT2D eigenvalue weighted by Gasteiger charge is 2.40. The standard InChI is InChI=1S/C24H31FN10O.C14H22ClN5O.C10H10FN5/c1-23(2)9-14(10-24(3,4)32-23)29-21-16(20(26)36)11-27-22(31-21)30-18-8-19(35-12-28-33-34-35)15(7-17(18)25)13-5-6-13;1-13(2)5-8(6-14(3,4)20-13)18-11-9(10(16)21)7-17-12(15)19-11;11-8-3-7(6-1-2-6)10(4-9(8)12)16-5-13-14-15-16/h7-8,11-14,32H,5-6,9-10H2,1-4H3,(H2,26,36)(H2,27,29,30,31);7-8,20H,5-6H2,1-4H3,(H2,16,21)(H,17,18,19);3-6H,1-2,12H2. The van der Waals surface area contributed by atoms with Gasteiger partial charge in [-0.25, -0.2) is 28.1 Å². The maximum atomic E-state index is 15.1. The van der Waals surface area contributed by atoms with Crippen molar-refractivity contribution in [3.05, 3.63) is 88.5 Å². The Bertz CT molecular complexity index is 2930. The number of hydrogen-bond donors (Lipinski definition) is 8. The van der Waals surface area contributed by atoms with Gasteiger partial charge in [0, 0.05) is 46.6 Å². The van der Waals surface area contributed by atoms with Crippen molar-refractivity contribution in [1.82, 2.24) is 71.0 Å². The molecular formula is C48H63ClF2N20O2. The molecule has 2 saturated carbocycles. The van der Waals surface area contributed by atoms with Gasteiger partial charge in [-0.2, -0.15) is 9.97 Å². The normalized spacial score (nSPS) is 18.8. The number of rotatable bonds is 12. The van der Waals surface area contributed by atoms with Gasteiger partial charge in [0.2, 0.25) is 11.2 Å². The topological polar surface area (TPSA) is 311 Å². The Morgan fingerprint density at radius 2 is 1.10 bits per heavy atom. The lowest BCUT2D eigenvalue weighted by Gasteiger charge is -2.46. The van der Waals surface area contributed by atoms with Crippen molar-refractivity contribution in [3.8, 4) is 11.4 Å². The summed E-state index contributed by atoms with van der Waals surface area (Å²) in [6, 6.07) is 6.44. The average Bonchev–Trinajstić information content (AvgIpc) is 4.18. The zero-order valence-corrected chi connectivity index (χ0v) is 42.9. The number of halogens is 3. The predicted octanol–water partition coefficient (Wildman–Crippen LogP) is 6.24. The highest BCUT2D eigenvalue weighted by Crippen LogP contribution is 2.45. The van der Waals surface area contributed by atoms with Crippen molar-refractivity contribution < 1.29 is 18.4 Å². The molecule has 0 radical (unpaired) electrons. The van der Waals surface area contributed by atoms with Gasteiger partial charge in [-0.3, -0.25) is 9.59 Å². The molecule has 2 aliphatic heterocycles. The van der Waals surface area contributed by atoms with Gasteiger partial charge >= 0.3 is 0 Å². The van der Waals surface area contributed by atoms with E-state index in [1.165, 1.54) is 46.5 Å². The molecule has 22 nitrogen and oxygen atoms in total. The number of primary amides is 2. The number of benzene rings is 2. The molecule has 6 heterocycles. The molecule has 388 valence electrons. The Labute approximate surface area is 426 Å². The predicted molar refractivity (Wildman–Crippen MR) is 272 cm³/mol. The van der Waals surface area contributed by atoms with Crippen LogP contribution in [-0.4, -0.2) is 106 Å². The third kappa shape index (κ3) is 13.3. The molecule has 2 amide bonds. The van der Waals surface area contributed by atoms with Gasteiger partial charge in [0.05, 0.1) is 33.9 Å². The lowest BCUT2D eigenvalue weighted by atomic mass is 9.79. The molecule has 0 unspecified atom stereocenters. The summed E-state index contributed by atoms with van der Waals surface area (Å²) >= 11 is 5.82. The number of tetrazole rings is 2. The molecule has 11 N–H and O–H groups in total. The number of nitrogens with two attached hydrogens (primary N) is 3. The van der Waals surface area contributed by atoms with E-state index in [4.69, 9.17) is 28.8 Å². The summed E-state index contributed by atoms with van der Waals surface area (Å²) in [5, 5.41) is 39.3. The van der Waals surface area contributed by atoms with E-state index in [2.05, 4.69) is 133 Å². The summed E-state index contributed by atoms with van der Waals surface area (Å²) in [7, 11) is 0. The van der Waals surface area contributed by atoms with E-state index in [-0.39, 0.29) is 79.7 Å². The van der Waals surface area contributed by atoms with Crippen LogP contribution in [-0.2, 0) is 0 Å². The first-order valence-electron chi connectivity index (χ1n) is 24.1. The minimum atomic E-state index is -0.641. The Morgan fingerprint density at radius 1 is 0.658 bits per heavy atom. The average molecular weight is 1030 g/mol. The fraction of sp³-hybridized carbons (Fsp3) is 0.500. The summed E-state index contributed by atoms with van der Waals surface area (Å²) < 4.78 is 31.6. The summed E-state index contributed by atoms with van der Waals surface area (Å²) in [6.07, 6.45) is 13.3. The molecule has 10 rings (SSSR count). The van der Waals surface area contributed by atoms with E-state index in [1.807, 2.05) is 0 Å². The number of hydrogen-bond acceptors (Lipinski definition) is 18. The van der Waals surface area contributed by atoms with Gasteiger partial charge in [0.1, 0.15) is 35.9 Å². The number of aromatic nitrogens is 12. The third-order valence-electron chi connectivity index (χ3n) is 12.9. The van der Waals surface area contributed by atoms with Crippen LogP contribution in [0.25, 0.3) is 11.4 Å². The minimum Gasteiger partial charge on any atom is -0.396 e. The van der Waals surface area contributed by atoms with Crippen LogP contribution >= 0.6 is 11.6 Å². The highest BCUT2D eigenvalue weighted by atomic mass is 35.5. The Morgan fingerprint density at radius 3 is 1.53 bits per heavy atom. The SMILES string of the molecule is CC1(C)CC(Nc2nc(Cl)ncc2C(N)=O)CC(C)(C)N1.CC1(C)CC(Nc2nc(Nc3cc(-n4cnnn4)c(C4CC4)cc3F)ncc2C(N)=O)CC(C)(C)N1.Nc1cc(-n2cnnn2)c(C2CC2)cc1F. The smallest absolute Gasteiger partial charge is 0.254 e. The molecule has 0 bridgehead atoms. The van der Waals surface area contributed by atoms with E-state index in [0.29, 0.717) is 23.2 Å². The number of anilines is 5. The first-order chi connectivity index (χ1) is 34.3. The van der Waals surface area contributed by atoms with Crippen molar-refractivity contribution >= 4 is 52.4 Å². The monoisotopic (exact) mass is 1020 g/mol. The zero-order valence-electron chi connectivity index (χ0n) is 42.1. The van der Waals surface area contributed by atoms with Crippen LogP contribution in [0.4, 0.5) is 37.7 Å². The third-order valence-corrected chi connectivity index (χ3v) is 13.1. The van der Waals surface area contributed by atoms with Gasteiger partial charge < -0.3 is 43.8 Å². The van der Waals surface area contributed by atoms with Gasteiger partial charge in [-0.15, -0.1) is 10.2 Å². The fourth-order valence-corrected chi connectivity index (χ4v) is 10.5. The van der Waals surface area contributed by atoms with Crippen LogP contribution in [0.5, 0.6) is 0 Å². The van der Waals surface area contributed by atoms with Crippen LogP contribution in [0, 0.1) is 11.6 Å². The Balaban J connectivity index is 0.000000162. The molecular weight excluding hydrogens is 962 g/mol. The van der Waals surface area contributed by atoms with Gasteiger partial charge in [0.15, 0.2) is 0 Å². The summed E-state index contributed by atoms with van der Waals surface area (Å²) in [5.41, 5.74) is 20.3. The number of nitrogens with zero attached hydrogens (tertiary/aromatic N) is 12. The molecule has 4 aromatic heterocycles. The van der Waals surface area contributed by atoms with Crippen LogP contribution in [0.2, 0.25) is 5.28 Å². The number of amides is 2. The number of nitrogens with one attached hydrogen (secondary N) is 5. The zero-order chi connectivity index (χ0) is 52.6. The second kappa shape index (κ2) is 20.5. The van der Waals surface area contributed by atoms with Crippen LogP contribution < -0.4 is 43.8 Å². The molecule has 0 spiro atoms. The second-order valence-corrected chi connectivity index (χ2v) is 22.2. The summed E-state index contributed by atoms with van der Waals surface area (Å²) in [4.78, 5) is 40.2. The van der Waals surface area contributed by atoms with Crippen molar-refractivity contribution in [2.75, 3.05) is 21.7 Å². The van der Waals surface area contributed by atoms with Crippen LogP contribution in [0.1, 0.15) is 150 Å². The van der Waals surface area contributed by atoms with Crippen LogP contribution in [0.3, 0.4) is 0 Å². The maximum absolute atomic E-state index is 15.1. The molecule has 2 saturated heterocycles. The van der Waals surface area contributed by atoms with E-state index in [9.17, 15) is 14.0 Å². The molecule has 6 aromatic rings. The van der Waals surface area contributed by atoms with E-state index < -0.39 is 17.6 Å². The lowest BCUT2D eigenvalue weighted by Crippen LogP contribution is -2.60. The van der Waals surface area contributed by atoms with Gasteiger partial charge in [-0.05, 0) is 186 Å². The first kappa shape index (κ1) is 52.3. The van der Waals surface area contributed by atoms with E-state index >= 15 is 4.39 Å². The number of nitrogen functional groups attached to an aromatic ring is 1. The van der Waals surface area contributed by atoms with Crippen LogP contribution in [0.15, 0.2) is 49.3 Å². The van der Waals surface area contributed by atoms with E-state index in [0.717, 1.165) is 68.2 Å². The van der Waals surface area contributed by atoms with Crippen molar-refractivity contribution in [3.63, 3.8) is 0 Å². The maximum Gasteiger partial charge on any atom is 0.254 e. The second-order valence-electron chi connectivity index (χ2n) is 21.9. The number of carbonyl (C=O) groups excluding carboxylic acids is 2. The number of piperidine rings is 2. The van der Waals surface area contributed by atoms with Gasteiger partial charge in [-0.1, -0.05) is 0 Å². The molecule has 4 fully saturated rings. The highest BCUT2D eigenvalue weighted by molar-refractivity contribution is 6.28. The van der Waals surface area contributed by atoms with Crippen molar-refractivity contribution in [2.45, 2.75) is 153 Å². The molecule has 2 aromatic carbocycles. The molecule has 4 aliphatic rings. The van der Waals surface area contributed by atoms with Crippen molar-refractivity contribution in [1.29, 1.82) is 0 Å². The lowest BCUT2D eigenvalue weighted by molar-refractivity contribution is 0.0991. The molecule has 73 heavy (non-hydrogen) atoms. The van der Waals surface area contributed by atoms with Crippen molar-refractivity contribution in [2.24, 2.45) is 11.5 Å². The Hall–Kier alpha value is -7.05. The van der Waals surface area contributed by atoms with E-state index in [1.54, 1.807) is 12.1 Å². The summed E-state index contributed by atoms with van der Waals surface area (Å²) in [6.45, 7) is 17.2.